The van der Waals surface area contributed by atoms with Crippen LogP contribution in [0.3, 0.4) is 0 Å². The van der Waals surface area contributed by atoms with Crippen molar-refractivity contribution < 1.29 is 18.3 Å². The molecule has 0 unspecified atom stereocenters. The summed E-state index contributed by atoms with van der Waals surface area (Å²) < 4.78 is 38.3. The minimum atomic E-state index is -1.00. The number of hydrogen-bond donors (Lipinski definition) is 0. The van der Waals surface area contributed by atoms with Gasteiger partial charge in [0, 0.05) is 5.56 Å². The molecule has 0 spiro atoms. The van der Waals surface area contributed by atoms with Crippen LogP contribution in [0, 0.1) is 11.6 Å². The van der Waals surface area contributed by atoms with Crippen molar-refractivity contribution in [3.63, 3.8) is 0 Å². The first-order valence-electron chi connectivity index (χ1n) is 6.66. The third-order valence-electron chi connectivity index (χ3n) is 2.85. The molecular weight excluding hydrogens is 274 g/mol. The van der Waals surface area contributed by atoms with E-state index >= 15 is 0 Å². The molecule has 2 nitrogen and oxygen atoms in total. The van der Waals surface area contributed by atoms with E-state index in [-0.39, 0.29) is 11.3 Å². The molecule has 0 aliphatic heterocycles. The van der Waals surface area contributed by atoms with Gasteiger partial charge in [0.25, 0.3) is 0 Å². The number of allylic oxidation sites excluding steroid dienone is 1. The summed E-state index contributed by atoms with van der Waals surface area (Å²) in [6.45, 7) is 4.16. The molecule has 0 bridgehead atoms. The molecule has 2 aromatic carbocycles. The van der Waals surface area contributed by atoms with Gasteiger partial charge in [-0.25, -0.2) is 4.39 Å². The summed E-state index contributed by atoms with van der Waals surface area (Å²) in [4.78, 5) is 0. The molecule has 0 aliphatic carbocycles. The Morgan fingerprint density at radius 1 is 1.00 bits per heavy atom. The van der Waals surface area contributed by atoms with Gasteiger partial charge >= 0.3 is 0 Å². The van der Waals surface area contributed by atoms with Crippen molar-refractivity contribution in [2.24, 2.45) is 0 Å². The SMILES string of the molecule is C/C=C/Oc1ccc(-c2ccc(OCC)cc2)c(F)c1F. The van der Waals surface area contributed by atoms with Crippen molar-refractivity contribution >= 4 is 0 Å². The van der Waals surface area contributed by atoms with E-state index in [2.05, 4.69) is 0 Å². The maximum atomic E-state index is 14.1. The van der Waals surface area contributed by atoms with Gasteiger partial charge < -0.3 is 9.47 Å². The van der Waals surface area contributed by atoms with Gasteiger partial charge in [-0.2, -0.15) is 4.39 Å². The smallest absolute Gasteiger partial charge is 0.201 e. The van der Waals surface area contributed by atoms with E-state index in [1.54, 1.807) is 37.3 Å². The van der Waals surface area contributed by atoms with Gasteiger partial charge in [-0.1, -0.05) is 18.2 Å². The number of ether oxygens (including phenoxy) is 2. The van der Waals surface area contributed by atoms with Crippen molar-refractivity contribution in [3.8, 4) is 22.6 Å². The molecule has 0 N–H and O–H groups in total. The van der Waals surface area contributed by atoms with Crippen LogP contribution >= 0.6 is 0 Å². The summed E-state index contributed by atoms with van der Waals surface area (Å²) in [5.41, 5.74) is 0.760. The Hall–Kier alpha value is -2.36. The highest BCUT2D eigenvalue weighted by atomic mass is 19.2. The van der Waals surface area contributed by atoms with E-state index in [4.69, 9.17) is 9.47 Å². The lowest BCUT2D eigenvalue weighted by molar-refractivity contribution is 0.340. The largest absolute Gasteiger partial charge is 0.494 e. The highest BCUT2D eigenvalue weighted by Gasteiger charge is 2.15. The van der Waals surface area contributed by atoms with Crippen LogP contribution in [-0.4, -0.2) is 6.61 Å². The predicted molar refractivity (Wildman–Crippen MR) is 78.4 cm³/mol. The molecule has 0 amide bonds. The summed E-state index contributed by atoms with van der Waals surface area (Å²) in [6, 6.07) is 9.72. The van der Waals surface area contributed by atoms with Crippen molar-refractivity contribution in [3.05, 3.63) is 60.4 Å². The van der Waals surface area contributed by atoms with E-state index in [1.807, 2.05) is 6.92 Å². The molecule has 0 saturated heterocycles. The molecule has 0 radical (unpaired) electrons. The van der Waals surface area contributed by atoms with Crippen molar-refractivity contribution in [1.82, 2.24) is 0 Å². The van der Waals surface area contributed by atoms with Crippen molar-refractivity contribution in [1.29, 1.82) is 0 Å². The van der Waals surface area contributed by atoms with Gasteiger partial charge in [-0.3, -0.25) is 0 Å². The molecular formula is C17H16F2O2. The fraction of sp³-hybridized carbons (Fsp3) is 0.176. The maximum Gasteiger partial charge on any atom is 0.201 e. The zero-order valence-electron chi connectivity index (χ0n) is 11.9. The van der Waals surface area contributed by atoms with Gasteiger partial charge in [0.1, 0.15) is 5.75 Å². The Morgan fingerprint density at radius 2 is 1.71 bits per heavy atom. The van der Waals surface area contributed by atoms with Crippen LogP contribution in [0.1, 0.15) is 13.8 Å². The Balaban J connectivity index is 2.33. The predicted octanol–water partition coefficient (Wildman–Crippen LogP) is 4.94. The minimum Gasteiger partial charge on any atom is -0.494 e. The van der Waals surface area contributed by atoms with Gasteiger partial charge in [-0.15, -0.1) is 0 Å². The fourth-order valence-electron chi connectivity index (χ4n) is 1.88. The lowest BCUT2D eigenvalue weighted by Gasteiger charge is -2.09. The number of hydrogen-bond acceptors (Lipinski definition) is 2. The molecule has 0 atom stereocenters. The Morgan fingerprint density at radius 3 is 2.33 bits per heavy atom. The zero-order chi connectivity index (χ0) is 15.2. The summed E-state index contributed by atoms with van der Waals surface area (Å²) in [5, 5.41) is 0. The topological polar surface area (TPSA) is 18.5 Å². The van der Waals surface area contributed by atoms with E-state index in [9.17, 15) is 8.78 Å². The van der Waals surface area contributed by atoms with Crippen LogP contribution in [0.15, 0.2) is 48.7 Å². The van der Waals surface area contributed by atoms with Crippen LogP contribution in [-0.2, 0) is 0 Å². The molecule has 0 fully saturated rings. The molecule has 4 heteroatoms. The molecule has 2 rings (SSSR count). The Kier molecular flexibility index (Phi) is 4.93. The van der Waals surface area contributed by atoms with Crippen LogP contribution in [0.25, 0.3) is 11.1 Å². The molecule has 0 saturated carbocycles. The second kappa shape index (κ2) is 6.88. The molecule has 2 aromatic rings. The number of benzene rings is 2. The number of halogens is 2. The van der Waals surface area contributed by atoms with E-state index < -0.39 is 11.6 Å². The molecule has 0 aromatic heterocycles. The van der Waals surface area contributed by atoms with Crippen LogP contribution in [0.5, 0.6) is 11.5 Å². The van der Waals surface area contributed by atoms with E-state index in [0.717, 1.165) is 0 Å². The van der Waals surface area contributed by atoms with Crippen molar-refractivity contribution in [2.75, 3.05) is 6.61 Å². The average molecular weight is 290 g/mol. The van der Waals surface area contributed by atoms with E-state index in [0.29, 0.717) is 17.9 Å². The lowest BCUT2D eigenvalue weighted by Crippen LogP contribution is -1.95. The van der Waals surface area contributed by atoms with Gasteiger partial charge in [0.05, 0.1) is 12.9 Å². The summed E-state index contributed by atoms with van der Waals surface area (Å²) in [7, 11) is 0. The molecule has 21 heavy (non-hydrogen) atoms. The first-order valence-corrected chi connectivity index (χ1v) is 6.66. The second-order valence-corrected chi connectivity index (χ2v) is 4.28. The fourth-order valence-corrected chi connectivity index (χ4v) is 1.88. The van der Waals surface area contributed by atoms with Crippen LogP contribution in [0.4, 0.5) is 8.78 Å². The molecule has 0 aliphatic rings. The minimum absolute atomic E-state index is 0.139. The molecule has 0 heterocycles. The maximum absolute atomic E-state index is 14.1. The first kappa shape index (κ1) is 15.0. The van der Waals surface area contributed by atoms with Crippen LogP contribution in [0.2, 0.25) is 0 Å². The summed E-state index contributed by atoms with van der Waals surface area (Å²) in [5.74, 6) is -1.38. The van der Waals surface area contributed by atoms with Crippen molar-refractivity contribution in [2.45, 2.75) is 13.8 Å². The van der Waals surface area contributed by atoms with Gasteiger partial charge in [0.15, 0.2) is 11.6 Å². The normalized spacial score (nSPS) is 10.9. The monoisotopic (exact) mass is 290 g/mol. The quantitative estimate of drug-likeness (QED) is 0.726. The highest BCUT2D eigenvalue weighted by Crippen LogP contribution is 2.30. The Labute approximate surface area is 122 Å². The highest BCUT2D eigenvalue weighted by molar-refractivity contribution is 5.66. The summed E-state index contributed by atoms with van der Waals surface area (Å²) in [6.07, 6.45) is 2.89. The van der Waals surface area contributed by atoms with Gasteiger partial charge in [0.2, 0.25) is 5.82 Å². The average Bonchev–Trinajstić information content (AvgIpc) is 2.50. The third-order valence-corrected chi connectivity index (χ3v) is 2.85. The van der Waals surface area contributed by atoms with Gasteiger partial charge in [-0.05, 0) is 43.7 Å². The third kappa shape index (κ3) is 3.40. The first-order chi connectivity index (χ1) is 10.2. The zero-order valence-corrected chi connectivity index (χ0v) is 11.9. The summed E-state index contributed by atoms with van der Waals surface area (Å²) >= 11 is 0. The lowest BCUT2D eigenvalue weighted by atomic mass is 10.0. The van der Waals surface area contributed by atoms with Crippen LogP contribution < -0.4 is 9.47 Å². The second-order valence-electron chi connectivity index (χ2n) is 4.28. The number of rotatable bonds is 5. The standard InChI is InChI=1S/C17H16F2O2/c1-3-11-21-15-10-9-14(16(18)17(15)19)12-5-7-13(8-6-12)20-4-2/h3,5-11H,4H2,1-2H3/b11-3+. The molecule has 110 valence electrons. The van der Waals surface area contributed by atoms with E-state index in [1.165, 1.54) is 18.4 Å². The Bertz CT molecular complexity index is 634.